The average Bonchev–Trinajstić information content (AvgIpc) is 2.72. The quantitative estimate of drug-likeness (QED) is 0.838. The highest BCUT2D eigenvalue weighted by Crippen LogP contribution is 2.35. The van der Waals surface area contributed by atoms with Crippen molar-refractivity contribution < 1.29 is 0 Å². The molecule has 0 spiro atoms. The fourth-order valence-electron chi connectivity index (χ4n) is 2.67. The Hall–Kier alpha value is -0.0900. The smallest absolute Gasteiger partial charge is 0.0346 e. The van der Waals surface area contributed by atoms with E-state index in [1.54, 1.807) is 0 Å². The van der Waals surface area contributed by atoms with Crippen molar-refractivity contribution in [3.8, 4) is 0 Å². The Kier molecular flexibility index (Phi) is 4.03. The number of benzene rings is 1. The lowest BCUT2D eigenvalue weighted by Gasteiger charge is -2.23. The van der Waals surface area contributed by atoms with Crippen LogP contribution in [0, 0.1) is 9.49 Å². The van der Waals surface area contributed by atoms with E-state index in [1.807, 2.05) is 0 Å². The van der Waals surface area contributed by atoms with Crippen LogP contribution in [0.2, 0.25) is 0 Å². The number of halogens is 1. The Labute approximate surface area is 106 Å². The molecule has 1 atom stereocenters. The topological polar surface area (TPSA) is 12.0 Å². The molecule has 1 saturated carbocycles. The van der Waals surface area contributed by atoms with E-state index in [1.165, 1.54) is 34.8 Å². The summed E-state index contributed by atoms with van der Waals surface area (Å²) in [6, 6.07) is 9.44. The van der Waals surface area contributed by atoms with E-state index < -0.39 is 0 Å². The molecule has 1 unspecified atom stereocenters. The van der Waals surface area contributed by atoms with E-state index in [4.69, 9.17) is 0 Å². The number of hydrogen-bond donors (Lipinski definition) is 1. The van der Waals surface area contributed by atoms with Gasteiger partial charge < -0.3 is 5.32 Å². The second-order valence-corrected chi connectivity index (χ2v) is 5.61. The highest BCUT2D eigenvalue weighted by Gasteiger charge is 2.24. The van der Waals surface area contributed by atoms with Gasteiger partial charge in [-0.2, -0.15) is 0 Å². The first-order valence-electron chi connectivity index (χ1n) is 5.74. The molecule has 0 amide bonds. The predicted octanol–water partition coefficient (Wildman–Crippen LogP) is 3.74. The molecule has 1 aromatic carbocycles. The van der Waals surface area contributed by atoms with E-state index >= 15 is 0 Å². The van der Waals surface area contributed by atoms with Gasteiger partial charge in [-0.1, -0.05) is 25.0 Å². The Morgan fingerprint density at radius 2 is 2.07 bits per heavy atom. The van der Waals surface area contributed by atoms with Crippen LogP contribution in [0.1, 0.15) is 37.3 Å². The lowest BCUT2D eigenvalue weighted by molar-refractivity contribution is 0.390. The molecule has 1 aromatic rings. The van der Waals surface area contributed by atoms with Crippen molar-refractivity contribution in [2.24, 2.45) is 5.92 Å². The zero-order valence-corrected chi connectivity index (χ0v) is 11.3. The standard InChI is InChI=1S/C13H18IN/c1-15-13(10-5-2-3-6-10)11-7-4-8-12(14)9-11/h4,7-10,13,15H,2-3,5-6H2,1H3. The molecule has 1 aliphatic rings. The molecule has 0 aliphatic heterocycles. The summed E-state index contributed by atoms with van der Waals surface area (Å²) >= 11 is 2.39. The Bertz CT molecular complexity index is 318. The normalized spacial score (nSPS) is 19.3. The lowest BCUT2D eigenvalue weighted by Crippen LogP contribution is -2.23. The van der Waals surface area contributed by atoms with Crippen molar-refractivity contribution in [3.63, 3.8) is 0 Å². The van der Waals surface area contributed by atoms with Crippen LogP contribution in [-0.4, -0.2) is 7.05 Å². The molecule has 0 aromatic heterocycles. The molecule has 0 heterocycles. The monoisotopic (exact) mass is 315 g/mol. The maximum atomic E-state index is 3.48. The van der Waals surface area contributed by atoms with Crippen LogP contribution < -0.4 is 5.32 Å². The van der Waals surface area contributed by atoms with Crippen molar-refractivity contribution in [1.29, 1.82) is 0 Å². The summed E-state index contributed by atoms with van der Waals surface area (Å²) in [5.74, 6) is 0.841. The van der Waals surface area contributed by atoms with Gasteiger partial charge in [-0.3, -0.25) is 0 Å². The zero-order valence-electron chi connectivity index (χ0n) is 9.17. The van der Waals surface area contributed by atoms with Crippen LogP contribution in [-0.2, 0) is 0 Å². The molecule has 1 aliphatic carbocycles. The summed E-state index contributed by atoms with van der Waals surface area (Å²) in [6.07, 6.45) is 5.59. The van der Waals surface area contributed by atoms with Crippen molar-refractivity contribution in [2.45, 2.75) is 31.7 Å². The minimum absolute atomic E-state index is 0.558. The molecule has 0 radical (unpaired) electrons. The second-order valence-electron chi connectivity index (χ2n) is 4.37. The highest BCUT2D eigenvalue weighted by atomic mass is 127. The van der Waals surface area contributed by atoms with Gasteiger partial charge in [-0.25, -0.2) is 0 Å². The summed E-state index contributed by atoms with van der Waals surface area (Å²) < 4.78 is 1.34. The largest absolute Gasteiger partial charge is 0.313 e. The summed E-state index contributed by atoms with van der Waals surface area (Å²) in [6.45, 7) is 0. The van der Waals surface area contributed by atoms with E-state index in [-0.39, 0.29) is 0 Å². The molecule has 0 saturated heterocycles. The fraction of sp³-hybridized carbons (Fsp3) is 0.538. The molecular weight excluding hydrogens is 297 g/mol. The maximum Gasteiger partial charge on any atom is 0.0346 e. The average molecular weight is 315 g/mol. The first-order chi connectivity index (χ1) is 7.31. The van der Waals surface area contributed by atoms with E-state index in [0.717, 1.165) is 5.92 Å². The predicted molar refractivity (Wildman–Crippen MR) is 72.9 cm³/mol. The number of hydrogen-bond acceptors (Lipinski definition) is 1. The fourth-order valence-corrected chi connectivity index (χ4v) is 3.23. The summed E-state index contributed by atoms with van der Waals surface area (Å²) in [7, 11) is 2.09. The van der Waals surface area contributed by atoms with Gasteiger partial charge in [0.2, 0.25) is 0 Å². The van der Waals surface area contributed by atoms with Gasteiger partial charge in [-0.15, -0.1) is 0 Å². The molecule has 15 heavy (non-hydrogen) atoms. The summed E-state index contributed by atoms with van der Waals surface area (Å²) in [4.78, 5) is 0. The van der Waals surface area contributed by atoms with Crippen LogP contribution in [0.3, 0.4) is 0 Å². The lowest BCUT2D eigenvalue weighted by atomic mass is 9.92. The van der Waals surface area contributed by atoms with Crippen molar-refractivity contribution >= 4 is 22.6 Å². The van der Waals surface area contributed by atoms with Gasteiger partial charge in [0, 0.05) is 9.61 Å². The first-order valence-corrected chi connectivity index (χ1v) is 6.82. The van der Waals surface area contributed by atoms with Crippen LogP contribution >= 0.6 is 22.6 Å². The van der Waals surface area contributed by atoms with Crippen LogP contribution in [0.25, 0.3) is 0 Å². The van der Waals surface area contributed by atoms with Crippen molar-refractivity contribution in [3.05, 3.63) is 33.4 Å². The van der Waals surface area contributed by atoms with Gasteiger partial charge in [0.15, 0.2) is 0 Å². The van der Waals surface area contributed by atoms with Crippen LogP contribution in [0.5, 0.6) is 0 Å². The van der Waals surface area contributed by atoms with E-state index in [2.05, 4.69) is 59.2 Å². The van der Waals surface area contributed by atoms with Gasteiger partial charge in [0.1, 0.15) is 0 Å². The molecule has 0 bridgehead atoms. The molecule has 1 N–H and O–H groups in total. The molecule has 82 valence electrons. The van der Waals surface area contributed by atoms with Crippen molar-refractivity contribution in [1.82, 2.24) is 5.32 Å². The van der Waals surface area contributed by atoms with Crippen LogP contribution in [0.15, 0.2) is 24.3 Å². The Balaban J connectivity index is 2.18. The van der Waals surface area contributed by atoms with E-state index in [9.17, 15) is 0 Å². The SMILES string of the molecule is CNC(c1cccc(I)c1)C1CCCC1. The van der Waals surface area contributed by atoms with Gasteiger partial charge in [0.25, 0.3) is 0 Å². The maximum absolute atomic E-state index is 3.48. The molecule has 2 heteroatoms. The van der Waals surface area contributed by atoms with Gasteiger partial charge in [-0.05, 0) is 66.1 Å². The van der Waals surface area contributed by atoms with Crippen molar-refractivity contribution in [2.75, 3.05) is 7.05 Å². The molecule has 2 rings (SSSR count). The van der Waals surface area contributed by atoms with Gasteiger partial charge in [0.05, 0.1) is 0 Å². The minimum atomic E-state index is 0.558. The summed E-state index contributed by atoms with van der Waals surface area (Å²) in [5.41, 5.74) is 1.45. The number of nitrogens with one attached hydrogen (secondary N) is 1. The highest BCUT2D eigenvalue weighted by molar-refractivity contribution is 14.1. The molecular formula is C13H18IN. The first kappa shape index (κ1) is 11.4. The third-order valence-electron chi connectivity index (χ3n) is 3.39. The van der Waals surface area contributed by atoms with E-state index in [0.29, 0.717) is 6.04 Å². The van der Waals surface area contributed by atoms with Gasteiger partial charge >= 0.3 is 0 Å². The third kappa shape index (κ3) is 2.72. The van der Waals surface area contributed by atoms with Crippen LogP contribution in [0.4, 0.5) is 0 Å². The second kappa shape index (κ2) is 5.30. The zero-order chi connectivity index (χ0) is 10.7. The molecule has 1 fully saturated rings. The third-order valence-corrected chi connectivity index (χ3v) is 4.06. The summed E-state index contributed by atoms with van der Waals surface area (Å²) in [5, 5.41) is 3.48. The Morgan fingerprint density at radius 3 is 2.67 bits per heavy atom. The Morgan fingerprint density at radius 1 is 1.33 bits per heavy atom. The molecule has 1 nitrogen and oxygen atoms in total. The number of rotatable bonds is 3. The minimum Gasteiger partial charge on any atom is -0.313 e.